The minimum atomic E-state index is -0.329. The minimum absolute atomic E-state index is 0.0783. The molecule has 0 unspecified atom stereocenters. The molecule has 0 aliphatic carbocycles. The molecule has 2 amide bonds. The SMILES string of the molecule is C=C(C)COc1ccc2oc(-c3ccc(OC)cc3)c(C(=O)Nc3ccc(N(C)C(C)=O)cc3)c2c1. The molecule has 184 valence electrons. The van der Waals surface area contributed by atoms with Gasteiger partial charge in [-0.15, -0.1) is 0 Å². The number of hydrogen-bond acceptors (Lipinski definition) is 5. The molecule has 0 spiro atoms. The van der Waals surface area contributed by atoms with E-state index in [1.54, 1.807) is 56.6 Å². The molecular formula is C29H28N2O5. The normalized spacial score (nSPS) is 10.7. The van der Waals surface area contributed by atoms with Crippen LogP contribution in [0.2, 0.25) is 0 Å². The molecule has 7 heteroatoms. The fourth-order valence-corrected chi connectivity index (χ4v) is 3.69. The number of carbonyl (C=O) groups is 2. The van der Waals surface area contributed by atoms with Crippen LogP contribution in [0, 0.1) is 0 Å². The maximum absolute atomic E-state index is 13.6. The number of methoxy groups -OCH3 is 1. The smallest absolute Gasteiger partial charge is 0.260 e. The van der Waals surface area contributed by atoms with Gasteiger partial charge in [-0.05, 0) is 79.2 Å². The second-order valence-electron chi connectivity index (χ2n) is 8.52. The molecule has 36 heavy (non-hydrogen) atoms. The van der Waals surface area contributed by atoms with Gasteiger partial charge in [-0.3, -0.25) is 9.59 Å². The van der Waals surface area contributed by atoms with Crippen molar-refractivity contribution >= 4 is 34.2 Å². The van der Waals surface area contributed by atoms with E-state index in [2.05, 4.69) is 11.9 Å². The van der Waals surface area contributed by atoms with Crippen LogP contribution in [0.1, 0.15) is 24.2 Å². The van der Waals surface area contributed by atoms with Gasteiger partial charge in [-0.2, -0.15) is 0 Å². The highest BCUT2D eigenvalue weighted by Crippen LogP contribution is 2.37. The van der Waals surface area contributed by atoms with Crippen LogP contribution in [0.15, 0.2) is 83.3 Å². The molecule has 0 fully saturated rings. The van der Waals surface area contributed by atoms with Crippen LogP contribution in [-0.2, 0) is 4.79 Å². The number of benzene rings is 3. The van der Waals surface area contributed by atoms with Gasteiger partial charge in [0.2, 0.25) is 5.91 Å². The fraction of sp³-hybridized carbons (Fsp3) is 0.172. The molecule has 4 aromatic rings. The lowest BCUT2D eigenvalue weighted by molar-refractivity contribution is -0.116. The number of nitrogens with zero attached hydrogens (tertiary/aromatic N) is 1. The Balaban J connectivity index is 1.74. The average Bonchev–Trinajstić information content (AvgIpc) is 3.26. The Labute approximate surface area is 209 Å². The van der Waals surface area contributed by atoms with Crippen molar-refractivity contribution in [2.24, 2.45) is 0 Å². The monoisotopic (exact) mass is 484 g/mol. The van der Waals surface area contributed by atoms with Crippen LogP contribution < -0.4 is 19.7 Å². The summed E-state index contributed by atoms with van der Waals surface area (Å²) in [6.45, 7) is 7.62. The van der Waals surface area contributed by atoms with Crippen molar-refractivity contribution in [1.29, 1.82) is 0 Å². The summed E-state index contributed by atoms with van der Waals surface area (Å²) in [5.41, 5.74) is 3.89. The lowest BCUT2D eigenvalue weighted by atomic mass is 10.0. The van der Waals surface area contributed by atoms with E-state index < -0.39 is 0 Å². The Kier molecular flexibility index (Phi) is 7.10. The first-order chi connectivity index (χ1) is 17.3. The number of carbonyl (C=O) groups excluding carboxylic acids is 2. The van der Waals surface area contributed by atoms with Gasteiger partial charge in [-0.25, -0.2) is 0 Å². The van der Waals surface area contributed by atoms with Crippen LogP contribution in [0.5, 0.6) is 11.5 Å². The molecule has 0 bridgehead atoms. The number of fused-ring (bicyclic) bond motifs is 1. The van der Waals surface area contributed by atoms with Crippen LogP contribution in [0.25, 0.3) is 22.3 Å². The number of furan rings is 1. The van der Waals surface area contributed by atoms with Gasteiger partial charge >= 0.3 is 0 Å². The van der Waals surface area contributed by atoms with Crippen molar-refractivity contribution in [1.82, 2.24) is 0 Å². The van der Waals surface area contributed by atoms with Gasteiger partial charge in [0.05, 0.1) is 12.7 Å². The Hall–Kier alpha value is -4.52. The maximum Gasteiger partial charge on any atom is 0.260 e. The zero-order chi connectivity index (χ0) is 25.8. The van der Waals surface area contributed by atoms with E-state index >= 15 is 0 Å². The van der Waals surface area contributed by atoms with Crippen molar-refractivity contribution in [3.05, 3.63) is 84.4 Å². The van der Waals surface area contributed by atoms with Gasteiger partial charge in [0.15, 0.2) is 0 Å². The first-order valence-corrected chi connectivity index (χ1v) is 11.4. The van der Waals surface area contributed by atoms with Crippen LogP contribution in [-0.4, -0.2) is 32.6 Å². The highest BCUT2D eigenvalue weighted by molar-refractivity contribution is 6.16. The van der Waals surface area contributed by atoms with E-state index in [0.717, 1.165) is 16.8 Å². The number of ether oxygens (including phenoxy) is 2. The molecule has 3 aromatic carbocycles. The summed E-state index contributed by atoms with van der Waals surface area (Å²) in [5.74, 6) is 1.34. The molecule has 1 aromatic heterocycles. The van der Waals surface area contributed by atoms with Crippen molar-refractivity contribution in [3.63, 3.8) is 0 Å². The molecule has 4 rings (SSSR count). The van der Waals surface area contributed by atoms with Crippen LogP contribution in [0.4, 0.5) is 11.4 Å². The third-order valence-corrected chi connectivity index (χ3v) is 5.71. The second-order valence-corrected chi connectivity index (χ2v) is 8.52. The van der Waals surface area contributed by atoms with E-state index in [1.165, 1.54) is 11.8 Å². The third kappa shape index (κ3) is 5.25. The molecule has 0 saturated carbocycles. The highest BCUT2D eigenvalue weighted by Gasteiger charge is 2.23. The van der Waals surface area contributed by atoms with E-state index in [-0.39, 0.29) is 11.8 Å². The second kappa shape index (κ2) is 10.4. The van der Waals surface area contributed by atoms with Gasteiger partial charge in [0.25, 0.3) is 5.91 Å². The van der Waals surface area contributed by atoms with Gasteiger partial charge in [0.1, 0.15) is 29.4 Å². The highest BCUT2D eigenvalue weighted by atomic mass is 16.5. The van der Waals surface area contributed by atoms with Crippen molar-refractivity contribution in [2.45, 2.75) is 13.8 Å². The van der Waals surface area contributed by atoms with Gasteiger partial charge in [-0.1, -0.05) is 6.58 Å². The zero-order valence-electron chi connectivity index (χ0n) is 20.8. The van der Waals surface area contributed by atoms with Crippen LogP contribution >= 0.6 is 0 Å². The van der Waals surface area contributed by atoms with E-state index in [9.17, 15) is 9.59 Å². The van der Waals surface area contributed by atoms with Crippen molar-refractivity contribution in [2.75, 3.05) is 31.0 Å². The van der Waals surface area contributed by atoms with Crippen molar-refractivity contribution < 1.29 is 23.5 Å². The molecule has 7 nitrogen and oxygen atoms in total. The number of nitrogens with one attached hydrogen (secondary N) is 1. The maximum atomic E-state index is 13.6. The molecule has 1 heterocycles. The minimum Gasteiger partial charge on any atom is -0.497 e. The average molecular weight is 485 g/mol. The fourth-order valence-electron chi connectivity index (χ4n) is 3.69. The Bertz CT molecular complexity index is 1420. The molecular weight excluding hydrogens is 456 g/mol. The molecule has 0 radical (unpaired) electrons. The summed E-state index contributed by atoms with van der Waals surface area (Å²) in [5, 5.41) is 3.58. The first-order valence-electron chi connectivity index (χ1n) is 11.4. The zero-order valence-corrected chi connectivity index (χ0v) is 20.8. The van der Waals surface area contributed by atoms with Gasteiger partial charge < -0.3 is 24.1 Å². The van der Waals surface area contributed by atoms with Gasteiger partial charge in [0, 0.05) is 36.3 Å². The Morgan fingerprint density at radius 2 is 1.64 bits per heavy atom. The third-order valence-electron chi connectivity index (χ3n) is 5.71. The number of hydrogen-bond donors (Lipinski definition) is 1. The molecule has 0 saturated heterocycles. The predicted octanol–water partition coefficient (Wildman–Crippen LogP) is 6.30. The predicted molar refractivity (Wildman–Crippen MR) is 142 cm³/mol. The summed E-state index contributed by atoms with van der Waals surface area (Å²) in [7, 11) is 3.29. The van der Waals surface area contributed by atoms with Crippen molar-refractivity contribution in [3.8, 4) is 22.8 Å². The summed E-state index contributed by atoms with van der Waals surface area (Å²) in [4.78, 5) is 26.8. The lowest BCUT2D eigenvalue weighted by Gasteiger charge is -2.15. The molecule has 0 aliphatic rings. The number of rotatable bonds is 8. The van der Waals surface area contributed by atoms with Crippen LogP contribution in [0.3, 0.4) is 0 Å². The first kappa shape index (κ1) is 24.6. The standard InChI is InChI=1S/C29H28N2O5/c1-18(2)17-35-24-14-15-26-25(16-24)27(28(36-26)20-6-12-23(34-5)13-7-20)29(33)30-21-8-10-22(11-9-21)31(4)19(3)32/h6-16H,1,17H2,2-5H3,(H,30,33). The van der Waals surface area contributed by atoms with E-state index in [1.807, 2.05) is 31.2 Å². The summed E-state index contributed by atoms with van der Waals surface area (Å²) in [6, 6.07) is 19.8. The molecule has 1 N–H and O–H groups in total. The number of amides is 2. The number of anilines is 2. The van der Waals surface area contributed by atoms with E-state index in [0.29, 0.717) is 46.1 Å². The lowest BCUT2D eigenvalue weighted by Crippen LogP contribution is -2.22. The topological polar surface area (TPSA) is 81.0 Å². The van der Waals surface area contributed by atoms with E-state index in [4.69, 9.17) is 13.9 Å². The molecule has 0 aliphatic heterocycles. The Morgan fingerprint density at radius 1 is 0.972 bits per heavy atom. The summed E-state index contributed by atoms with van der Waals surface area (Å²) >= 11 is 0. The summed E-state index contributed by atoms with van der Waals surface area (Å²) in [6.07, 6.45) is 0. The largest absolute Gasteiger partial charge is 0.497 e. The quantitative estimate of drug-likeness (QED) is 0.297. The summed E-state index contributed by atoms with van der Waals surface area (Å²) < 4.78 is 17.2. The Morgan fingerprint density at radius 3 is 2.25 bits per heavy atom. The molecule has 0 atom stereocenters.